The van der Waals surface area contributed by atoms with Crippen LogP contribution in [0.15, 0.2) is 35.3 Å². The second-order valence-corrected chi connectivity index (χ2v) is 3.65. The first-order valence-corrected chi connectivity index (χ1v) is 5.28. The van der Waals surface area contributed by atoms with Gasteiger partial charge in [0, 0.05) is 11.8 Å². The average Bonchev–Trinajstić information content (AvgIpc) is 2.38. The van der Waals surface area contributed by atoms with Crippen molar-refractivity contribution in [3.05, 3.63) is 40.9 Å². The summed E-state index contributed by atoms with van der Waals surface area (Å²) in [4.78, 5) is 17.4. The summed E-state index contributed by atoms with van der Waals surface area (Å²) in [6.45, 7) is 1.11. The highest BCUT2D eigenvalue weighted by Crippen LogP contribution is 2.33. The third-order valence-electron chi connectivity index (χ3n) is 2.53. The summed E-state index contributed by atoms with van der Waals surface area (Å²) in [7, 11) is 0. The Morgan fingerprint density at radius 1 is 1.12 bits per heavy atom. The Kier molecular flexibility index (Phi) is 2.29. The largest absolute Gasteiger partial charge is 0.486 e. The Hall–Kier alpha value is -2.30. The highest BCUT2D eigenvalue weighted by atomic mass is 16.6. The molecule has 0 saturated heterocycles. The topological polar surface area (TPSA) is 64.2 Å². The normalized spacial score (nSPS) is 13.4. The van der Waals surface area contributed by atoms with Gasteiger partial charge < -0.3 is 14.5 Å². The lowest BCUT2D eigenvalue weighted by atomic mass is 10.1. The third kappa shape index (κ3) is 1.87. The van der Waals surface area contributed by atoms with Gasteiger partial charge in [0.15, 0.2) is 11.5 Å². The molecular weight excluding hydrogens is 220 g/mol. The van der Waals surface area contributed by atoms with Gasteiger partial charge in [-0.25, -0.2) is 9.78 Å². The number of nitrogens with zero attached hydrogens (tertiary/aromatic N) is 1. The van der Waals surface area contributed by atoms with Crippen LogP contribution in [-0.4, -0.2) is 23.2 Å². The molecule has 86 valence electrons. The monoisotopic (exact) mass is 230 g/mol. The zero-order valence-electron chi connectivity index (χ0n) is 8.97. The van der Waals surface area contributed by atoms with E-state index in [0.717, 1.165) is 11.3 Å². The lowest BCUT2D eigenvalue weighted by Crippen LogP contribution is -2.15. The standard InChI is InChI=1S/C12H10N2O3/c15-12-13-4-3-9(14-12)8-1-2-10-11(7-8)17-6-5-16-10/h1-4,7H,5-6H2,(H,13,14,15). The number of aromatic nitrogens is 2. The number of hydrogen-bond donors (Lipinski definition) is 1. The predicted octanol–water partition coefficient (Wildman–Crippen LogP) is 1.21. The summed E-state index contributed by atoms with van der Waals surface area (Å²) >= 11 is 0. The molecule has 0 amide bonds. The van der Waals surface area contributed by atoms with Crippen LogP contribution in [0.3, 0.4) is 0 Å². The summed E-state index contributed by atoms with van der Waals surface area (Å²) in [6.07, 6.45) is 1.48. The maximum absolute atomic E-state index is 11.1. The fourth-order valence-electron chi connectivity index (χ4n) is 1.75. The van der Waals surface area contributed by atoms with E-state index < -0.39 is 0 Å². The predicted molar refractivity (Wildman–Crippen MR) is 61.3 cm³/mol. The number of rotatable bonds is 1. The van der Waals surface area contributed by atoms with Gasteiger partial charge in [-0.1, -0.05) is 0 Å². The Labute approximate surface area is 97.0 Å². The van der Waals surface area contributed by atoms with Crippen LogP contribution >= 0.6 is 0 Å². The van der Waals surface area contributed by atoms with Gasteiger partial charge >= 0.3 is 5.69 Å². The number of benzene rings is 1. The van der Waals surface area contributed by atoms with Crippen LogP contribution < -0.4 is 15.2 Å². The minimum atomic E-state index is -0.364. The quantitative estimate of drug-likeness (QED) is 0.799. The first-order valence-electron chi connectivity index (χ1n) is 5.28. The number of fused-ring (bicyclic) bond motifs is 1. The van der Waals surface area contributed by atoms with Gasteiger partial charge in [0.1, 0.15) is 13.2 Å². The van der Waals surface area contributed by atoms with E-state index in [-0.39, 0.29) is 5.69 Å². The maximum atomic E-state index is 11.1. The molecule has 0 saturated carbocycles. The van der Waals surface area contributed by atoms with E-state index in [0.29, 0.717) is 24.7 Å². The number of H-pyrrole nitrogens is 1. The average molecular weight is 230 g/mol. The Bertz CT molecular complexity index is 607. The summed E-state index contributed by atoms with van der Waals surface area (Å²) in [5.41, 5.74) is 1.22. The molecule has 1 aromatic carbocycles. The van der Waals surface area contributed by atoms with Crippen LogP contribution in [0.25, 0.3) is 11.3 Å². The van der Waals surface area contributed by atoms with Crippen LogP contribution in [0, 0.1) is 0 Å². The van der Waals surface area contributed by atoms with E-state index in [2.05, 4.69) is 9.97 Å². The van der Waals surface area contributed by atoms with Gasteiger partial charge in [-0.15, -0.1) is 0 Å². The fraction of sp³-hybridized carbons (Fsp3) is 0.167. The van der Waals surface area contributed by atoms with Crippen molar-refractivity contribution in [1.29, 1.82) is 0 Å². The number of aromatic amines is 1. The SMILES string of the molecule is O=c1nccc(-c2ccc3c(c2)OCCO3)[nH]1. The van der Waals surface area contributed by atoms with Gasteiger partial charge in [-0.05, 0) is 24.3 Å². The van der Waals surface area contributed by atoms with Crippen molar-refractivity contribution in [2.24, 2.45) is 0 Å². The van der Waals surface area contributed by atoms with E-state index in [1.807, 2.05) is 18.2 Å². The molecule has 17 heavy (non-hydrogen) atoms. The Balaban J connectivity index is 2.07. The van der Waals surface area contributed by atoms with E-state index in [1.54, 1.807) is 6.07 Å². The van der Waals surface area contributed by atoms with E-state index in [4.69, 9.17) is 9.47 Å². The Morgan fingerprint density at radius 2 is 1.94 bits per heavy atom. The van der Waals surface area contributed by atoms with Crippen LogP contribution in [0.1, 0.15) is 0 Å². The molecule has 2 heterocycles. The highest BCUT2D eigenvalue weighted by Gasteiger charge is 2.12. The molecule has 1 aliphatic heterocycles. The molecule has 0 spiro atoms. The Morgan fingerprint density at radius 3 is 2.76 bits per heavy atom. The second-order valence-electron chi connectivity index (χ2n) is 3.65. The summed E-state index contributed by atoms with van der Waals surface area (Å²) in [5.74, 6) is 1.43. The van der Waals surface area contributed by atoms with E-state index in [1.165, 1.54) is 6.20 Å². The molecule has 2 aromatic rings. The molecule has 0 radical (unpaired) electrons. The molecule has 0 bridgehead atoms. The van der Waals surface area contributed by atoms with Crippen molar-refractivity contribution in [2.45, 2.75) is 0 Å². The van der Waals surface area contributed by atoms with Gasteiger partial charge in [0.05, 0.1) is 5.69 Å². The van der Waals surface area contributed by atoms with Gasteiger partial charge in [-0.2, -0.15) is 0 Å². The minimum absolute atomic E-state index is 0.364. The molecule has 1 N–H and O–H groups in total. The molecule has 3 rings (SSSR count). The van der Waals surface area contributed by atoms with Gasteiger partial charge in [0.2, 0.25) is 0 Å². The highest BCUT2D eigenvalue weighted by molar-refractivity contribution is 5.63. The van der Waals surface area contributed by atoms with Gasteiger partial charge in [0.25, 0.3) is 0 Å². The van der Waals surface area contributed by atoms with Crippen LogP contribution in [-0.2, 0) is 0 Å². The molecule has 1 aromatic heterocycles. The molecule has 0 aliphatic carbocycles. The number of nitrogens with one attached hydrogen (secondary N) is 1. The van der Waals surface area contributed by atoms with E-state index >= 15 is 0 Å². The maximum Gasteiger partial charge on any atom is 0.345 e. The summed E-state index contributed by atoms with van der Waals surface area (Å²) in [6, 6.07) is 7.30. The minimum Gasteiger partial charge on any atom is -0.486 e. The van der Waals surface area contributed by atoms with Crippen molar-refractivity contribution < 1.29 is 9.47 Å². The zero-order valence-corrected chi connectivity index (χ0v) is 8.97. The van der Waals surface area contributed by atoms with Crippen molar-refractivity contribution in [3.8, 4) is 22.8 Å². The summed E-state index contributed by atoms with van der Waals surface area (Å²) in [5, 5.41) is 0. The zero-order chi connectivity index (χ0) is 11.7. The van der Waals surface area contributed by atoms with Crippen molar-refractivity contribution >= 4 is 0 Å². The molecule has 1 aliphatic rings. The van der Waals surface area contributed by atoms with Crippen LogP contribution in [0.5, 0.6) is 11.5 Å². The van der Waals surface area contributed by atoms with Crippen molar-refractivity contribution in [1.82, 2.24) is 9.97 Å². The molecule has 0 fully saturated rings. The molecular formula is C12H10N2O3. The third-order valence-corrected chi connectivity index (χ3v) is 2.53. The van der Waals surface area contributed by atoms with Crippen LogP contribution in [0.4, 0.5) is 0 Å². The lowest BCUT2D eigenvalue weighted by molar-refractivity contribution is 0.171. The van der Waals surface area contributed by atoms with Crippen LogP contribution in [0.2, 0.25) is 0 Å². The molecule has 5 nitrogen and oxygen atoms in total. The molecule has 0 atom stereocenters. The lowest BCUT2D eigenvalue weighted by Gasteiger charge is -2.18. The first kappa shape index (κ1) is 9.89. The van der Waals surface area contributed by atoms with Crippen molar-refractivity contribution in [3.63, 3.8) is 0 Å². The second kappa shape index (κ2) is 3.93. The van der Waals surface area contributed by atoms with Crippen molar-refractivity contribution in [2.75, 3.05) is 13.2 Å². The fourth-order valence-corrected chi connectivity index (χ4v) is 1.75. The summed E-state index contributed by atoms with van der Waals surface area (Å²) < 4.78 is 10.9. The number of ether oxygens (including phenoxy) is 2. The van der Waals surface area contributed by atoms with E-state index in [9.17, 15) is 4.79 Å². The molecule has 0 unspecified atom stereocenters. The first-order chi connectivity index (χ1) is 8.33. The smallest absolute Gasteiger partial charge is 0.345 e. The van der Waals surface area contributed by atoms with Gasteiger partial charge in [-0.3, -0.25) is 0 Å². The number of hydrogen-bond acceptors (Lipinski definition) is 4. The molecule has 5 heteroatoms.